The van der Waals surface area contributed by atoms with Crippen LogP contribution in [0.3, 0.4) is 0 Å². The van der Waals surface area contributed by atoms with E-state index in [1.54, 1.807) is 7.05 Å². The van der Waals surface area contributed by atoms with Crippen LogP contribution in [0.5, 0.6) is 0 Å². The molecule has 0 saturated carbocycles. The van der Waals surface area contributed by atoms with Crippen LogP contribution >= 0.6 is 0 Å². The van der Waals surface area contributed by atoms with E-state index in [-0.39, 0.29) is 11.5 Å². The number of non-ortho nitro benzene ring substituents is 1. The smallest absolute Gasteiger partial charge is 0.271 e. The molecular weight excluding hydrogens is 301 g/mol. The molecule has 0 unspecified atom stereocenters. The number of carbonyl (C=O) groups is 1. The van der Waals surface area contributed by atoms with Gasteiger partial charge in [-0.2, -0.15) is 0 Å². The summed E-state index contributed by atoms with van der Waals surface area (Å²) in [7, 11) is 1.64. The maximum atomic E-state index is 12.8. The van der Waals surface area contributed by atoms with Gasteiger partial charge in [-0.3, -0.25) is 14.9 Å². The minimum absolute atomic E-state index is 0.0359. The van der Waals surface area contributed by atoms with Crippen molar-refractivity contribution in [3.63, 3.8) is 0 Å². The molecule has 0 amide bonds. The molecule has 6 nitrogen and oxygen atoms in total. The van der Waals surface area contributed by atoms with Gasteiger partial charge >= 0.3 is 0 Å². The molecule has 23 heavy (non-hydrogen) atoms. The zero-order chi connectivity index (χ0) is 16.8. The van der Waals surface area contributed by atoms with E-state index in [9.17, 15) is 19.3 Å². The van der Waals surface area contributed by atoms with Gasteiger partial charge in [-0.25, -0.2) is 4.39 Å². The second-order valence-electron chi connectivity index (χ2n) is 4.59. The van der Waals surface area contributed by atoms with Gasteiger partial charge in [0.1, 0.15) is 5.82 Å². The summed E-state index contributed by atoms with van der Waals surface area (Å²) >= 11 is 0. The van der Waals surface area contributed by atoms with E-state index < -0.39 is 10.7 Å². The molecule has 0 aliphatic heterocycles. The largest absolute Gasteiger partial charge is 0.386 e. The van der Waals surface area contributed by atoms with Crippen LogP contribution in [0.1, 0.15) is 10.4 Å². The Hall–Kier alpha value is -3.22. The molecule has 2 N–H and O–H groups in total. The summed E-state index contributed by atoms with van der Waals surface area (Å²) in [6.45, 7) is 0. The van der Waals surface area contributed by atoms with Crippen LogP contribution in [0.25, 0.3) is 0 Å². The molecule has 0 heterocycles. The molecule has 2 rings (SSSR count). The molecule has 0 aromatic heterocycles. The first-order valence-electron chi connectivity index (χ1n) is 6.70. The quantitative estimate of drug-likeness (QED) is 0.368. The molecule has 0 atom stereocenters. The number of rotatable bonds is 6. The van der Waals surface area contributed by atoms with Gasteiger partial charge in [0.15, 0.2) is 5.78 Å². The number of nitrogens with zero attached hydrogens (tertiary/aromatic N) is 1. The van der Waals surface area contributed by atoms with Crippen molar-refractivity contribution in [2.45, 2.75) is 0 Å². The van der Waals surface area contributed by atoms with Crippen LogP contribution in [0.15, 0.2) is 54.7 Å². The first kappa shape index (κ1) is 16.2. The highest BCUT2D eigenvalue weighted by Gasteiger charge is 2.09. The first-order chi connectivity index (χ1) is 11.0. The molecule has 2 aromatic rings. The maximum Gasteiger partial charge on any atom is 0.271 e. The minimum atomic E-state index is -0.488. The number of nitro benzene ring substituents is 1. The van der Waals surface area contributed by atoms with Gasteiger partial charge in [0.25, 0.3) is 5.69 Å². The molecule has 0 bridgehead atoms. The number of nitro groups is 1. The number of ketones is 1. The molecule has 0 aliphatic rings. The van der Waals surface area contributed by atoms with Gasteiger partial charge in [0.2, 0.25) is 0 Å². The van der Waals surface area contributed by atoms with Gasteiger partial charge in [0, 0.05) is 37.0 Å². The number of hydrogen-bond donors (Lipinski definition) is 2. The number of nitrogens with one attached hydrogen (secondary N) is 2. The fourth-order valence-electron chi connectivity index (χ4n) is 1.90. The average Bonchev–Trinajstić information content (AvgIpc) is 2.55. The van der Waals surface area contributed by atoms with Crippen molar-refractivity contribution in [1.82, 2.24) is 0 Å². The Morgan fingerprint density at radius 3 is 2.48 bits per heavy atom. The lowest BCUT2D eigenvalue weighted by molar-refractivity contribution is -0.384. The van der Waals surface area contributed by atoms with Crippen molar-refractivity contribution >= 4 is 22.8 Å². The Labute approximate surface area is 131 Å². The van der Waals surface area contributed by atoms with Gasteiger partial charge in [0.05, 0.1) is 16.3 Å². The van der Waals surface area contributed by atoms with Crippen LogP contribution in [0.4, 0.5) is 21.5 Å². The number of hydrogen-bond acceptors (Lipinski definition) is 5. The fourth-order valence-corrected chi connectivity index (χ4v) is 1.90. The lowest BCUT2D eigenvalue weighted by atomic mass is 10.1. The Morgan fingerprint density at radius 1 is 1.17 bits per heavy atom. The van der Waals surface area contributed by atoms with Gasteiger partial charge < -0.3 is 10.6 Å². The van der Waals surface area contributed by atoms with Crippen molar-refractivity contribution < 1.29 is 14.1 Å². The van der Waals surface area contributed by atoms with Gasteiger partial charge in [-0.1, -0.05) is 0 Å². The lowest BCUT2D eigenvalue weighted by Gasteiger charge is -2.08. The molecule has 7 heteroatoms. The number of allylic oxidation sites excluding steroid dienone is 1. The summed E-state index contributed by atoms with van der Waals surface area (Å²) in [6, 6.07) is 9.50. The highest BCUT2D eigenvalue weighted by atomic mass is 19.1. The summed E-state index contributed by atoms with van der Waals surface area (Å²) in [5.41, 5.74) is 1.44. The number of benzene rings is 2. The fraction of sp³-hybridized carbons (Fsp3) is 0.0625. The van der Waals surface area contributed by atoms with Crippen LogP contribution in [-0.2, 0) is 0 Å². The molecule has 118 valence electrons. The highest BCUT2D eigenvalue weighted by molar-refractivity contribution is 6.04. The first-order valence-corrected chi connectivity index (χ1v) is 6.70. The Kier molecular flexibility index (Phi) is 5.03. The number of carbonyl (C=O) groups excluding carboxylic acids is 1. The lowest BCUT2D eigenvalue weighted by Crippen LogP contribution is -1.99. The molecule has 0 fully saturated rings. The Bertz CT molecular complexity index is 758. The summed E-state index contributed by atoms with van der Waals surface area (Å²) in [6.07, 6.45) is 2.72. The Balaban J connectivity index is 2.09. The van der Waals surface area contributed by atoms with E-state index in [1.165, 1.54) is 54.7 Å². The molecule has 0 spiro atoms. The van der Waals surface area contributed by atoms with Crippen molar-refractivity contribution in [3.8, 4) is 0 Å². The third-order valence-electron chi connectivity index (χ3n) is 3.09. The van der Waals surface area contributed by atoms with Crippen molar-refractivity contribution in [3.05, 3.63) is 76.2 Å². The van der Waals surface area contributed by atoms with Crippen LogP contribution in [-0.4, -0.2) is 17.8 Å². The normalized spacial score (nSPS) is 10.5. The highest BCUT2D eigenvalue weighted by Crippen LogP contribution is 2.26. The van der Waals surface area contributed by atoms with Crippen molar-refractivity contribution in [2.24, 2.45) is 0 Å². The van der Waals surface area contributed by atoms with Crippen molar-refractivity contribution in [2.75, 3.05) is 17.7 Å². The van der Waals surface area contributed by atoms with Crippen LogP contribution < -0.4 is 10.6 Å². The zero-order valence-corrected chi connectivity index (χ0v) is 12.2. The summed E-state index contributed by atoms with van der Waals surface area (Å²) < 4.78 is 12.8. The second kappa shape index (κ2) is 7.17. The van der Waals surface area contributed by atoms with Crippen LogP contribution in [0, 0.1) is 15.9 Å². The predicted octanol–water partition coefficient (Wildman–Crippen LogP) is 3.58. The van der Waals surface area contributed by atoms with E-state index in [1.807, 2.05) is 0 Å². The van der Waals surface area contributed by atoms with E-state index in [4.69, 9.17) is 0 Å². The number of halogens is 1. The monoisotopic (exact) mass is 315 g/mol. The third-order valence-corrected chi connectivity index (χ3v) is 3.09. The topological polar surface area (TPSA) is 84.3 Å². The number of anilines is 2. The second-order valence-corrected chi connectivity index (χ2v) is 4.59. The van der Waals surface area contributed by atoms with E-state index in [2.05, 4.69) is 10.6 Å². The van der Waals surface area contributed by atoms with E-state index in [0.717, 1.165) is 0 Å². The maximum absolute atomic E-state index is 12.8. The molecular formula is C16H14FN3O3. The zero-order valence-electron chi connectivity index (χ0n) is 12.2. The van der Waals surface area contributed by atoms with Crippen molar-refractivity contribution in [1.29, 1.82) is 0 Å². The summed E-state index contributed by atoms with van der Waals surface area (Å²) in [5, 5.41) is 16.5. The molecule has 2 aromatic carbocycles. The van der Waals surface area contributed by atoms with Gasteiger partial charge in [-0.05, 0) is 30.3 Å². The Morgan fingerprint density at radius 2 is 1.87 bits per heavy atom. The van der Waals surface area contributed by atoms with Crippen LogP contribution in [0.2, 0.25) is 0 Å². The van der Waals surface area contributed by atoms with Gasteiger partial charge in [-0.15, -0.1) is 0 Å². The van der Waals surface area contributed by atoms with E-state index >= 15 is 0 Å². The molecule has 0 radical (unpaired) electrons. The molecule has 0 aliphatic carbocycles. The molecule has 0 saturated heterocycles. The minimum Gasteiger partial charge on any atom is -0.386 e. The average molecular weight is 315 g/mol. The van der Waals surface area contributed by atoms with E-state index in [0.29, 0.717) is 16.9 Å². The standard InChI is InChI=1S/C16H14FN3O3/c1-18-15-10-13(20(22)23)6-7-14(15)19-9-8-16(21)11-2-4-12(17)5-3-11/h2-10,18-19H,1H3/b9-8-. The summed E-state index contributed by atoms with van der Waals surface area (Å²) in [4.78, 5) is 22.1. The SMILES string of the molecule is CNc1cc([N+](=O)[O-])ccc1N/C=C\C(=O)c1ccc(F)cc1. The third kappa shape index (κ3) is 4.13. The summed E-state index contributed by atoms with van der Waals surface area (Å²) in [5.74, 6) is -0.696. The predicted molar refractivity (Wildman–Crippen MR) is 86.1 cm³/mol.